The molecule has 0 fully saturated rings. The maximum atomic E-state index is 12.4. The van der Waals surface area contributed by atoms with Gasteiger partial charge in [-0.1, -0.05) is 41.0 Å². The maximum Gasteiger partial charge on any atom is 0.416 e. The lowest BCUT2D eigenvalue weighted by molar-refractivity contribution is -0.137. The van der Waals surface area contributed by atoms with Crippen molar-refractivity contribution < 1.29 is 22.8 Å². The second-order valence-corrected chi connectivity index (χ2v) is 4.62. The normalized spacial score (nSPS) is 11.6. The molecule has 0 bridgehead atoms. The van der Waals surface area contributed by atoms with Gasteiger partial charge in [0, 0.05) is 0 Å². The number of nitrogens with zero attached hydrogens (tertiary/aromatic N) is 1. The van der Waals surface area contributed by atoms with Crippen LogP contribution in [0.1, 0.15) is 21.5 Å². The number of benzene rings is 2. The highest BCUT2D eigenvalue weighted by Crippen LogP contribution is 2.28. The third-order valence-electron chi connectivity index (χ3n) is 2.67. The van der Waals surface area contributed by atoms with Crippen LogP contribution in [0.2, 0.25) is 5.02 Å². The summed E-state index contributed by atoms with van der Waals surface area (Å²) in [6.45, 7) is 0. The third kappa shape index (κ3) is 4.08. The molecule has 0 radical (unpaired) electrons. The van der Waals surface area contributed by atoms with Gasteiger partial charge in [-0.3, -0.25) is 0 Å². The fourth-order valence-electron chi connectivity index (χ4n) is 1.57. The molecular weight excluding hydrogens is 319 g/mol. The van der Waals surface area contributed by atoms with E-state index in [9.17, 15) is 18.0 Å². The van der Waals surface area contributed by atoms with E-state index in [1.807, 2.05) is 0 Å². The molecule has 0 unspecified atom stereocenters. The first kappa shape index (κ1) is 16.0. The van der Waals surface area contributed by atoms with Crippen molar-refractivity contribution in [2.75, 3.05) is 0 Å². The van der Waals surface area contributed by atoms with Gasteiger partial charge in [0.15, 0.2) is 0 Å². The molecular formula is C15H9ClF3NO2. The Labute approximate surface area is 129 Å². The van der Waals surface area contributed by atoms with Crippen LogP contribution in [0.4, 0.5) is 13.2 Å². The molecule has 2 aromatic rings. The molecule has 114 valence electrons. The summed E-state index contributed by atoms with van der Waals surface area (Å²) in [6, 6.07) is 10.5. The molecule has 0 aromatic heterocycles. The number of hydrogen-bond donors (Lipinski definition) is 0. The zero-order valence-corrected chi connectivity index (χ0v) is 11.7. The minimum atomic E-state index is -4.40. The molecule has 0 N–H and O–H groups in total. The smallest absolute Gasteiger partial charge is 0.313 e. The number of alkyl halides is 3. The molecule has 3 nitrogen and oxygen atoms in total. The average molecular weight is 328 g/mol. The van der Waals surface area contributed by atoms with E-state index < -0.39 is 17.7 Å². The zero-order chi connectivity index (χ0) is 16.2. The number of rotatable bonds is 3. The SMILES string of the molecule is O=C(O/N=C\c1ccc(C(F)(F)F)cc1)c1ccccc1Cl. The van der Waals surface area contributed by atoms with Crippen molar-refractivity contribution in [1.29, 1.82) is 0 Å². The fourth-order valence-corrected chi connectivity index (χ4v) is 1.78. The zero-order valence-electron chi connectivity index (χ0n) is 11.0. The van der Waals surface area contributed by atoms with Crippen molar-refractivity contribution in [2.45, 2.75) is 6.18 Å². The molecule has 2 aromatic carbocycles. The Hall–Kier alpha value is -2.34. The predicted octanol–water partition coefficient (Wildman–Crippen LogP) is 4.55. The highest BCUT2D eigenvalue weighted by atomic mass is 35.5. The van der Waals surface area contributed by atoms with E-state index in [-0.39, 0.29) is 10.6 Å². The van der Waals surface area contributed by atoms with E-state index in [2.05, 4.69) is 9.99 Å². The molecule has 2 rings (SSSR count). The molecule has 0 saturated carbocycles. The average Bonchev–Trinajstić information content (AvgIpc) is 2.47. The molecule has 7 heteroatoms. The summed E-state index contributed by atoms with van der Waals surface area (Å²) in [6.07, 6.45) is -3.26. The van der Waals surface area contributed by atoms with Crippen LogP contribution in [0.25, 0.3) is 0 Å². The van der Waals surface area contributed by atoms with Crippen LogP contribution in [-0.4, -0.2) is 12.2 Å². The predicted molar refractivity (Wildman–Crippen MR) is 75.9 cm³/mol. The largest absolute Gasteiger partial charge is 0.416 e. The van der Waals surface area contributed by atoms with Crippen LogP contribution in [0.5, 0.6) is 0 Å². The highest BCUT2D eigenvalue weighted by Gasteiger charge is 2.29. The molecule has 0 aliphatic heterocycles. The molecule has 0 aliphatic carbocycles. The second-order valence-electron chi connectivity index (χ2n) is 4.21. The summed E-state index contributed by atoms with van der Waals surface area (Å²) < 4.78 is 37.2. The minimum Gasteiger partial charge on any atom is -0.313 e. The Kier molecular flexibility index (Phi) is 4.82. The lowest BCUT2D eigenvalue weighted by Crippen LogP contribution is -2.04. The number of carbonyl (C=O) groups excluding carboxylic acids is 1. The van der Waals surface area contributed by atoms with E-state index in [0.717, 1.165) is 18.3 Å². The fraction of sp³-hybridized carbons (Fsp3) is 0.0667. The van der Waals surface area contributed by atoms with E-state index >= 15 is 0 Å². The van der Waals surface area contributed by atoms with E-state index in [1.165, 1.54) is 24.3 Å². The Morgan fingerprint density at radius 3 is 2.32 bits per heavy atom. The van der Waals surface area contributed by atoms with Crippen molar-refractivity contribution in [1.82, 2.24) is 0 Å². The first-order valence-electron chi connectivity index (χ1n) is 6.04. The van der Waals surface area contributed by atoms with E-state index in [4.69, 9.17) is 11.6 Å². The Morgan fingerprint density at radius 2 is 1.73 bits per heavy atom. The summed E-state index contributed by atoms with van der Waals surface area (Å²) in [5.41, 5.74) is -0.258. The van der Waals surface area contributed by atoms with Crippen LogP contribution in [0, 0.1) is 0 Å². The standard InChI is InChI=1S/C15H9ClF3NO2/c16-13-4-2-1-3-12(13)14(21)22-20-9-10-5-7-11(8-6-10)15(17,18)19/h1-9H/b20-9-. The molecule has 0 saturated heterocycles. The molecule has 0 heterocycles. The summed E-state index contributed by atoms with van der Waals surface area (Å²) in [5, 5.41) is 3.66. The van der Waals surface area contributed by atoms with Crippen LogP contribution >= 0.6 is 11.6 Å². The summed E-state index contributed by atoms with van der Waals surface area (Å²) in [7, 11) is 0. The van der Waals surface area contributed by atoms with Gasteiger partial charge in [-0.05, 0) is 29.8 Å². The van der Waals surface area contributed by atoms with Gasteiger partial charge in [0.05, 0.1) is 22.4 Å². The molecule has 0 spiro atoms. The van der Waals surface area contributed by atoms with Crippen LogP contribution < -0.4 is 0 Å². The monoisotopic (exact) mass is 327 g/mol. The second kappa shape index (κ2) is 6.62. The van der Waals surface area contributed by atoms with Gasteiger partial charge in [0.25, 0.3) is 0 Å². The summed E-state index contributed by atoms with van der Waals surface area (Å²) >= 11 is 5.82. The summed E-state index contributed by atoms with van der Waals surface area (Å²) in [5.74, 6) is -0.756. The van der Waals surface area contributed by atoms with Gasteiger partial charge < -0.3 is 4.84 Å². The van der Waals surface area contributed by atoms with Crippen molar-refractivity contribution >= 4 is 23.8 Å². The Morgan fingerprint density at radius 1 is 1.09 bits per heavy atom. The minimum absolute atomic E-state index is 0.147. The van der Waals surface area contributed by atoms with Crippen LogP contribution in [-0.2, 0) is 11.0 Å². The molecule has 22 heavy (non-hydrogen) atoms. The number of hydrogen-bond acceptors (Lipinski definition) is 3. The van der Waals surface area contributed by atoms with E-state index in [0.29, 0.717) is 5.56 Å². The lowest BCUT2D eigenvalue weighted by Gasteiger charge is -2.05. The van der Waals surface area contributed by atoms with Crippen molar-refractivity contribution in [3.8, 4) is 0 Å². The van der Waals surface area contributed by atoms with Gasteiger partial charge in [-0.15, -0.1) is 0 Å². The van der Waals surface area contributed by atoms with Crippen molar-refractivity contribution in [3.05, 3.63) is 70.2 Å². The Balaban J connectivity index is 2.01. The van der Waals surface area contributed by atoms with Gasteiger partial charge in [0.2, 0.25) is 0 Å². The molecule has 0 aliphatic rings. The first-order valence-corrected chi connectivity index (χ1v) is 6.42. The quantitative estimate of drug-likeness (QED) is 0.471. The molecule has 0 amide bonds. The van der Waals surface area contributed by atoms with Gasteiger partial charge >= 0.3 is 12.1 Å². The molecule has 0 atom stereocenters. The third-order valence-corrected chi connectivity index (χ3v) is 3.00. The maximum absolute atomic E-state index is 12.4. The van der Waals surface area contributed by atoms with Crippen molar-refractivity contribution in [3.63, 3.8) is 0 Å². The van der Waals surface area contributed by atoms with Gasteiger partial charge in [-0.25, -0.2) is 4.79 Å². The first-order chi connectivity index (χ1) is 10.4. The van der Waals surface area contributed by atoms with Gasteiger partial charge in [-0.2, -0.15) is 13.2 Å². The van der Waals surface area contributed by atoms with Crippen molar-refractivity contribution in [2.24, 2.45) is 5.16 Å². The number of carbonyl (C=O) groups is 1. The van der Waals surface area contributed by atoms with Gasteiger partial charge in [0.1, 0.15) is 0 Å². The summed E-state index contributed by atoms with van der Waals surface area (Å²) in [4.78, 5) is 16.3. The van der Waals surface area contributed by atoms with E-state index in [1.54, 1.807) is 12.1 Å². The Bertz CT molecular complexity index is 697. The highest BCUT2D eigenvalue weighted by molar-refractivity contribution is 6.33. The number of oxime groups is 1. The van der Waals surface area contributed by atoms with Crippen LogP contribution in [0.15, 0.2) is 53.7 Å². The topological polar surface area (TPSA) is 38.7 Å². The lowest BCUT2D eigenvalue weighted by atomic mass is 10.1. The number of halogens is 4. The van der Waals surface area contributed by atoms with Crippen LogP contribution in [0.3, 0.4) is 0 Å².